The highest BCUT2D eigenvalue weighted by Gasteiger charge is 2.28. The van der Waals surface area contributed by atoms with Crippen molar-refractivity contribution in [3.63, 3.8) is 0 Å². The number of rotatable bonds is 3. The number of hydrogen-bond acceptors (Lipinski definition) is 2. The van der Waals surface area contributed by atoms with Crippen molar-refractivity contribution >= 4 is 11.8 Å². The summed E-state index contributed by atoms with van der Waals surface area (Å²) in [4.78, 5) is 1.47. The zero-order valence-electron chi connectivity index (χ0n) is 11.9. The van der Waals surface area contributed by atoms with Crippen LogP contribution in [-0.2, 0) is 12.8 Å². The SMILES string of the molecule is CC1CCC(CN)C(Sc2ccc3c(c2)CCC3)C1. The van der Waals surface area contributed by atoms with Crippen LogP contribution in [-0.4, -0.2) is 11.8 Å². The van der Waals surface area contributed by atoms with Crippen molar-refractivity contribution in [2.75, 3.05) is 6.54 Å². The number of benzene rings is 1. The quantitative estimate of drug-likeness (QED) is 0.901. The molecule has 2 heteroatoms. The second-order valence-electron chi connectivity index (χ2n) is 6.35. The maximum Gasteiger partial charge on any atom is 0.0137 e. The summed E-state index contributed by atoms with van der Waals surface area (Å²) in [5.41, 5.74) is 9.15. The van der Waals surface area contributed by atoms with Crippen molar-refractivity contribution in [2.45, 2.75) is 55.6 Å². The molecule has 104 valence electrons. The van der Waals surface area contributed by atoms with Crippen molar-refractivity contribution in [1.29, 1.82) is 0 Å². The van der Waals surface area contributed by atoms with E-state index in [9.17, 15) is 0 Å². The lowest BCUT2D eigenvalue weighted by molar-refractivity contribution is 0.306. The van der Waals surface area contributed by atoms with Gasteiger partial charge in [0.1, 0.15) is 0 Å². The minimum absolute atomic E-state index is 0.717. The lowest BCUT2D eigenvalue weighted by Gasteiger charge is -2.33. The fraction of sp³-hybridized carbons (Fsp3) is 0.647. The van der Waals surface area contributed by atoms with Crippen LogP contribution in [0, 0.1) is 11.8 Å². The van der Waals surface area contributed by atoms with Crippen LogP contribution in [0.1, 0.15) is 43.7 Å². The Hall–Kier alpha value is -0.470. The van der Waals surface area contributed by atoms with Gasteiger partial charge in [-0.05, 0) is 73.7 Å². The standard InChI is InChI=1S/C17H25NS/c1-12-5-6-15(11-18)17(9-12)19-16-8-7-13-3-2-4-14(13)10-16/h7-8,10,12,15,17H,2-6,9,11,18H2,1H3. The third-order valence-corrected chi connectivity index (χ3v) is 6.26. The molecule has 2 N–H and O–H groups in total. The van der Waals surface area contributed by atoms with Gasteiger partial charge in [-0.3, -0.25) is 0 Å². The first-order valence-corrected chi connectivity index (χ1v) is 8.62. The summed E-state index contributed by atoms with van der Waals surface area (Å²) >= 11 is 2.09. The minimum Gasteiger partial charge on any atom is -0.330 e. The zero-order valence-corrected chi connectivity index (χ0v) is 12.7. The van der Waals surface area contributed by atoms with Crippen molar-refractivity contribution in [3.8, 4) is 0 Å². The Bertz CT molecular complexity index is 443. The predicted octanol–water partition coefficient (Wildman–Crippen LogP) is 4.03. The molecule has 0 amide bonds. The Balaban J connectivity index is 1.72. The molecule has 2 aliphatic rings. The molecule has 3 rings (SSSR count). The van der Waals surface area contributed by atoms with Gasteiger partial charge in [-0.15, -0.1) is 11.8 Å². The van der Waals surface area contributed by atoms with Gasteiger partial charge in [0.2, 0.25) is 0 Å². The van der Waals surface area contributed by atoms with Crippen molar-refractivity contribution < 1.29 is 0 Å². The first-order valence-electron chi connectivity index (χ1n) is 7.75. The molecule has 1 aromatic carbocycles. The molecule has 1 aromatic rings. The molecule has 0 aliphatic heterocycles. The topological polar surface area (TPSA) is 26.0 Å². The Labute approximate surface area is 121 Å². The average Bonchev–Trinajstić information content (AvgIpc) is 2.86. The smallest absolute Gasteiger partial charge is 0.0137 e. The summed E-state index contributed by atoms with van der Waals surface area (Å²) in [5.74, 6) is 1.59. The fourth-order valence-electron chi connectivity index (χ4n) is 3.60. The van der Waals surface area contributed by atoms with E-state index in [2.05, 4.69) is 36.9 Å². The van der Waals surface area contributed by atoms with E-state index in [0.717, 1.165) is 23.6 Å². The Morgan fingerprint density at radius 1 is 1.21 bits per heavy atom. The monoisotopic (exact) mass is 275 g/mol. The van der Waals surface area contributed by atoms with Crippen LogP contribution in [0.4, 0.5) is 0 Å². The van der Waals surface area contributed by atoms with Crippen LogP contribution >= 0.6 is 11.8 Å². The van der Waals surface area contributed by atoms with E-state index >= 15 is 0 Å². The van der Waals surface area contributed by atoms with Gasteiger partial charge in [0.15, 0.2) is 0 Å². The van der Waals surface area contributed by atoms with Crippen molar-refractivity contribution in [2.24, 2.45) is 17.6 Å². The van der Waals surface area contributed by atoms with Crippen LogP contribution in [0.3, 0.4) is 0 Å². The molecule has 3 atom stereocenters. The zero-order chi connectivity index (χ0) is 13.2. The van der Waals surface area contributed by atoms with Crippen LogP contribution in [0.15, 0.2) is 23.1 Å². The summed E-state index contributed by atoms with van der Waals surface area (Å²) in [6.07, 6.45) is 7.93. The van der Waals surface area contributed by atoms with Crippen LogP contribution in [0.5, 0.6) is 0 Å². The van der Waals surface area contributed by atoms with Gasteiger partial charge in [0.25, 0.3) is 0 Å². The Morgan fingerprint density at radius 3 is 2.89 bits per heavy atom. The third kappa shape index (κ3) is 3.00. The van der Waals surface area contributed by atoms with E-state index in [1.54, 1.807) is 11.1 Å². The fourth-order valence-corrected chi connectivity index (χ4v) is 5.17. The highest BCUT2D eigenvalue weighted by Crippen LogP contribution is 2.40. The number of nitrogens with two attached hydrogens (primary N) is 1. The van der Waals surface area contributed by atoms with Crippen LogP contribution in [0.25, 0.3) is 0 Å². The molecular formula is C17H25NS. The molecular weight excluding hydrogens is 250 g/mol. The van der Waals surface area contributed by atoms with Crippen LogP contribution < -0.4 is 5.73 Å². The first kappa shape index (κ1) is 13.5. The van der Waals surface area contributed by atoms with Crippen LogP contribution in [0.2, 0.25) is 0 Å². The Morgan fingerprint density at radius 2 is 2.05 bits per heavy atom. The molecule has 0 saturated heterocycles. The first-order chi connectivity index (χ1) is 9.26. The van der Waals surface area contributed by atoms with Crippen molar-refractivity contribution in [1.82, 2.24) is 0 Å². The molecule has 2 aliphatic carbocycles. The second-order valence-corrected chi connectivity index (χ2v) is 7.67. The largest absolute Gasteiger partial charge is 0.330 e. The van der Waals surface area contributed by atoms with Crippen molar-refractivity contribution in [3.05, 3.63) is 29.3 Å². The maximum atomic E-state index is 5.97. The van der Waals surface area contributed by atoms with Gasteiger partial charge in [-0.1, -0.05) is 19.4 Å². The van der Waals surface area contributed by atoms with E-state index in [4.69, 9.17) is 5.73 Å². The molecule has 0 aromatic heterocycles. The molecule has 0 bridgehead atoms. The summed E-state index contributed by atoms with van der Waals surface area (Å²) in [6.45, 7) is 3.25. The van der Waals surface area contributed by atoms with E-state index < -0.39 is 0 Å². The second kappa shape index (κ2) is 5.88. The maximum absolute atomic E-state index is 5.97. The van der Waals surface area contributed by atoms with E-state index in [1.165, 1.54) is 43.4 Å². The van der Waals surface area contributed by atoms with Gasteiger partial charge in [0.05, 0.1) is 0 Å². The number of aryl methyl sites for hydroxylation is 2. The van der Waals surface area contributed by atoms with E-state index in [0.29, 0.717) is 0 Å². The van der Waals surface area contributed by atoms with E-state index in [1.807, 2.05) is 0 Å². The van der Waals surface area contributed by atoms with Gasteiger partial charge in [-0.2, -0.15) is 0 Å². The summed E-state index contributed by atoms with van der Waals surface area (Å²) in [7, 11) is 0. The molecule has 0 spiro atoms. The van der Waals surface area contributed by atoms with Gasteiger partial charge in [0, 0.05) is 10.1 Å². The lowest BCUT2D eigenvalue weighted by atomic mass is 9.82. The molecule has 1 nitrogen and oxygen atoms in total. The van der Waals surface area contributed by atoms with Gasteiger partial charge in [-0.25, -0.2) is 0 Å². The minimum atomic E-state index is 0.717. The molecule has 0 radical (unpaired) electrons. The average molecular weight is 275 g/mol. The molecule has 0 heterocycles. The lowest BCUT2D eigenvalue weighted by Crippen LogP contribution is -2.31. The molecule has 1 saturated carbocycles. The highest BCUT2D eigenvalue weighted by molar-refractivity contribution is 8.00. The molecule has 1 fully saturated rings. The van der Waals surface area contributed by atoms with Gasteiger partial charge < -0.3 is 5.73 Å². The summed E-state index contributed by atoms with van der Waals surface area (Å²) in [6, 6.07) is 7.13. The molecule has 19 heavy (non-hydrogen) atoms. The third-order valence-electron chi connectivity index (χ3n) is 4.85. The predicted molar refractivity (Wildman–Crippen MR) is 83.7 cm³/mol. The normalized spacial score (nSPS) is 30.3. The van der Waals surface area contributed by atoms with E-state index in [-0.39, 0.29) is 0 Å². The summed E-state index contributed by atoms with van der Waals surface area (Å²) in [5, 5.41) is 0.730. The van der Waals surface area contributed by atoms with Gasteiger partial charge >= 0.3 is 0 Å². The highest BCUT2D eigenvalue weighted by atomic mass is 32.2. The number of hydrogen-bond donors (Lipinski definition) is 1. The number of fused-ring (bicyclic) bond motifs is 1. The molecule has 3 unspecified atom stereocenters. The summed E-state index contributed by atoms with van der Waals surface area (Å²) < 4.78 is 0. The number of thioether (sulfide) groups is 1. The Kier molecular flexibility index (Phi) is 4.18.